The monoisotopic (exact) mass is 342 g/mol. The molecule has 0 amide bonds. The van der Waals surface area contributed by atoms with Crippen LogP contribution in [0.25, 0.3) is 0 Å². The third kappa shape index (κ3) is 4.03. The highest BCUT2D eigenvalue weighted by Crippen LogP contribution is 2.33. The van der Waals surface area contributed by atoms with E-state index in [9.17, 15) is 0 Å². The average Bonchev–Trinajstić information content (AvgIpc) is 2.42. The number of methoxy groups -OCH3 is 1. The van der Waals surface area contributed by atoms with Crippen LogP contribution < -0.4 is 10.2 Å². The quantitative estimate of drug-likeness (QED) is 0.595. The summed E-state index contributed by atoms with van der Waals surface area (Å²) in [6, 6.07) is 9.06. The Bertz CT molecular complexity index is 664. The number of ether oxygens (including phenoxy) is 1. The van der Waals surface area contributed by atoms with Crippen molar-refractivity contribution < 1.29 is 4.74 Å². The molecular formula is C15H13Cl3N2O. The summed E-state index contributed by atoms with van der Waals surface area (Å²) in [7, 11) is 1.52. The molecular weight excluding hydrogens is 331 g/mol. The van der Waals surface area contributed by atoms with Gasteiger partial charge in [0.25, 0.3) is 0 Å². The molecule has 0 unspecified atom stereocenters. The summed E-state index contributed by atoms with van der Waals surface area (Å²) < 4.78 is 5.09. The molecule has 110 valence electrons. The van der Waals surface area contributed by atoms with Gasteiger partial charge in [-0.05, 0) is 42.3 Å². The first-order valence-corrected chi connectivity index (χ1v) is 7.23. The molecule has 0 saturated heterocycles. The van der Waals surface area contributed by atoms with Gasteiger partial charge in [-0.1, -0.05) is 40.9 Å². The van der Waals surface area contributed by atoms with Crippen molar-refractivity contribution in [2.75, 3.05) is 12.5 Å². The zero-order chi connectivity index (χ0) is 15.4. The number of hydrogen-bond donors (Lipinski definition) is 1. The Kier molecular flexibility index (Phi) is 5.34. The smallest absolute Gasteiger partial charge is 0.156 e. The van der Waals surface area contributed by atoms with Crippen molar-refractivity contribution >= 4 is 46.7 Å². The number of aryl methyl sites for hydroxylation is 1. The van der Waals surface area contributed by atoms with E-state index in [4.69, 9.17) is 39.5 Å². The Morgan fingerprint density at radius 2 is 1.71 bits per heavy atom. The molecule has 0 saturated carbocycles. The van der Waals surface area contributed by atoms with Crippen molar-refractivity contribution in [2.24, 2.45) is 5.10 Å². The minimum atomic E-state index is 0.435. The van der Waals surface area contributed by atoms with Crippen LogP contribution in [-0.4, -0.2) is 13.3 Å². The van der Waals surface area contributed by atoms with Crippen LogP contribution >= 0.6 is 34.8 Å². The zero-order valence-electron chi connectivity index (χ0n) is 11.5. The average molecular weight is 344 g/mol. The maximum Gasteiger partial charge on any atom is 0.156 e. The van der Waals surface area contributed by atoms with Gasteiger partial charge in [-0.15, -0.1) is 0 Å². The van der Waals surface area contributed by atoms with Crippen molar-refractivity contribution in [1.29, 1.82) is 0 Å². The van der Waals surface area contributed by atoms with Crippen LogP contribution in [0.15, 0.2) is 35.4 Å². The fraction of sp³-hybridized carbons (Fsp3) is 0.133. The Morgan fingerprint density at radius 1 is 1.05 bits per heavy atom. The molecule has 0 heterocycles. The zero-order valence-corrected chi connectivity index (χ0v) is 13.7. The van der Waals surface area contributed by atoms with Crippen molar-refractivity contribution in [3.8, 4) is 5.75 Å². The number of nitrogens with zero attached hydrogens (tertiary/aromatic N) is 1. The maximum absolute atomic E-state index is 6.06. The van der Waals surface area contributed by atoms with Crippen LogP contribution in [0.5, 0.6) is 5.75 Å². The molecule has 0 radical (unpaired) electrons. The second-order valence-corrected chi connectivity index (χ2v) is 5.57. The van der Waals surface area contributed by atoms with Crippen molar-refractivity contribution in [3.05, 3.63) is 56.5 Å². The Labute approximate surface area is 138 Å². The van der Waals surface area contributed by atoms with Crippen molar-refractivity contribution in [2.45, 2.75) is 6.92 Å². The molecule has 0 aliphatic rings. The first-order chi connectivity index (χ1) is 10.0. The van der Waals surface area contributed by atoms with E-state index in [0.29, 0.717) is 20.8 Å². The molecule has 0 aliphatic heterocycles. The molecule has 2 rings (SSSR count). The number of rotatable bonds is 4. The molecule has 0 aromatic heterocycles. The Morgan fingerprint density at radius 3 is 2.29 bits per heavy atom. The predicted molar refractivity (Wildman–Crippen MR) is 90.4 cm³/mol. The number of anilines is 1. The van der Waals surface area contributed by atoms with Gasteiger partial charge in [0.15, 0.2) is 5.75 Å². The van der Waals surface area contributed by atoms with Crippen molar-refractivity contribution in [3.63, 3.8) is 0 Å². The summed E-state index contributed by atoms with van der Waals surface area (Å²) >= 11 is 18.2. The lowest BCUT2D eigenvalue weighted by atomic mass is 10.2. The molecule has 0 atom stereocenters. The summed E-state index contributed by atoms with van der Waals surface area (Å²) in [5.74, 6) is 0.453. The van der Waals surface area contributed by atoms with Crippen LogP contribution in [0.4, 0.5) is 5.69 Å². The molecule has 6 heteroatoms. The fourth-order valence-electron chi connectivity index (χ4n) is 1.69. The third-order valence-electron chi connectivity index (χ3n) is 2.80. The minimum absolute atomic E-state index is 0.435. The van der Waals surface area contributed by atoms with Gasteiger partial charge in [0, 0.05) is 5.02 Å². The first kappa shape index (κ1) is 16.0. The highest BCUT2D eigenvalue weighted by Gasteiger charge is 2.07. The lowest BCUT2D eigenvalue weighted by Crippen LogP contribution is -1.93. The second-order valence-electron chi connectivity index (χ2n) is 4.35. The van der Waals surface area contributed by atoms with Crippen LogP contribution in [0.1, 0.15) is 11.1 Å². The Hall–Kier alpha value is -1.42. The largest absolute Gasteiger partial charge is 0.494 e. The molecule has 0 aliphatic carbocycles. The van der Waals surface area contributed by atoms with Crippen LogP contribution in [-0.2, 0) is 0 Å². The molecule has 21 heavy (non-hydrogen) atoms. The van der Waals surface area contributed by atoms with E-state index in [1.807, 2.05) is 25.1 Å². The summed E-state index contributed by atoms with van der Waals surface area (Å²) in [6.07, 6.45) is 1.62. The summed E-state index contributed by atoms with van der Waals surface area (Å²) in [5, 5.41) is 5.68. The predicted octanol–water partition coefficient (Wildman–Crippen LogP) is 5.41. The molecule has 3 nitrogen and oxygen atoms in total. The molecule has 0 fully saturated rings. The van der Waals surface area contributed by atoms with Gasteiger partial charge in [0.1, 0.15) is 0 Å². The Balaban J connectivity index is 2.12. The summed E-state index contributed by atoms with van der Waals surface area (Å²) in [4.78, 5) is 0. The standard InChI is InChI=1S/C15H13Cl3N2O/c1-9-3-4-11(7-12(9)16)20-19-8-10-5-13(17)15(21-2)14(18)6-10/h3-8,20H,1-2H3/b19-8+. The van der Waals surface area contributed by atoms with Crippen molar-refractivity contribution in [1.82, 2.24) is 0 Å². The number of hydrazone groups is 1. The SMILES string of the molecule is COc1c(Cl)cc(/C=N/Nc2ccc(C)c(Cl)c2)cc1Cl. The molecule has 2 aromatic rings. The lowest BCUT2D eigenvalue weighted by Gasteiger charge is -2.06. The van der Waals surface area contributed by atoms with Gasteiger partial charge in [0.05, 0.1) is 29.1 Å². The third-order valence-corrected chi connectivity index (χ3v) is 3.77. The van der Waals surface area contributed by atoms with E-state index < -0.39 is 0 Å². The number of benzene rings is 2. The molecule has 0 spiro atoms. The lowest BCUT2D eigenvalue weighted by molar-refractivity contribution is 0.415. The van der Waals surface area contributed by atoms with Gasteiger partial charge >= 0.3 is 0 Å². The minimum Gasteiger partial charge on any atom is -0.494 e. The summed E-state index contributed by atoms with van der Waals surface area (Å²) in [5.41, 5.74) is 5.47. The van der Waals surface area contributed by atoms with Gasteiger partial charge < -0.3 is 4.74 Å². The van der Waals surface area contributed by atoms with E-state index in [0.717, 1.165) is 16.8 Å². The second kappa shape index (κ2) is 7.03. The van der Waals surface area contributed by atoms with E-state index in [1.54, 1.807) is 18.3 Å². The maximum atomic E-state index is 6.06. The normalized spacial score (nSPS) is 10.9. The topological polar surface area (TPSA) is 33.6 Å². The fourth-order valence-corrected chi connectivity index (χ4v) is 2.53. The molecule has 1 N–H and O–H groups in total. The van der Waals surface area contributed by atoms with Gasteiger partial charge in [0.2, 0.25) is 0 Å². The van der Waals surface area contributed by atoms with Crippen LogP contribution in [0, 0.1) is 6.92 Å². The number of halogens is 3. The van der Waals surface area contributed by atoms with Crippen LogP contribution in [0.2, 0.25) is 15.1 Å². The molecule has 0 bridgehead atoms. The van der Waals surface area contributed by atoms with E-state index in [1.165, 1.54) is 7.11 Å². The van der Waals surface area contributed by atoms with E-state index >= 15 is 0 Å². The summed E-state index contributed by atoms with van der Waals surface area (Å²) in [6.45, 7) is 1.94. The first-order valence-electron chi connectivity index (χ1n) is 6.09. The highest BCUT2D eigenvalue weighted by molar-refractivity contribution is 6.37. The van der Waals surface area contributed by atoms with Crippen LogP contribution in [0.3, 0.4) is 0 Å². The highest BCUT2D eigenvalue weighted by atomic mass is 35.5. The van der Waals surface area contributed by atoms with Gasteiger partial charge in [-0.25, -0.2) is 0 Å². The molecule has 2 aromatic carbocycles. The number of hydrogen-bond acceptors (Lipinski definition) is 3. The van der Waals surface area contributed by atoms with Gasteiger partial charge in [-0.3, -0.25) is 5.43 Å². The van der Waals surface area contributed by atoms with Gasteiger partial charge in [-0.2, -0.15) is 5.10 Å². The van der Waals surface area contributed by atoms with E-state index in [2.05, 4.69) is 10.5 Å². The van der Waals surface area contributed by atoms with E-state index in [-0.39, 0.29) is 0 Å². The number of nitrogens with one attached hydrogen (secondary N) is 1.